The molecule has 0 amide bonds. The number of hydrogen-bond acceptors (Lipinski definition) is 4. The molecule has 4 nitrogen and oxygen atoms in total. The molecule has 1 saturated heterocycles. The number of rotatable bonds is 6. The molecule has 0 radical (unpaired) electrons. The van der Waals surface area contributed by atoms with Gasteiger partial charge >= 0.3 is 5.97 Å². The van der Waals surface area contributed by atoms with Gasteiger partial charge in [-0.1, -0.05) is 53.9 Å². The maximum atomic E-state index is 13.9. The van der Waals surface area contributed by atoms with E-state index < -0.39 is 5.92 Å². The van der Waals surface area contributed by atoms with E-state index in [0.717, 1.165) is 30.6 Å². The Hall–Kier alpha value is -1.19. The van der Waals surface area contributed by atoms with Crippen molar-refractivity contribution in [3.05, 3.63) is 0 Å². The SMILES string of the molecule is CC(=O)[C@H]1C(=O)O[C@@H]2CC[C@]3(C)[C@H]4CC[C@]5(C)[C@@H]([C@H](C)CCCC(C)C)CC[C@H]5[C@@H]4CC(=O)[C@H]3[C@H]12. The zero-order valence-corrected chi connectivity index (χ0v) is 23.0. The number of carbonyl (C=O) groups is 3. The lowest BCUT2D eigenvalue weighted by molar-refractivity contribution is -0.169. The smallest absolute Gasteiger partial charge is 0.317 e. The predicted molar refractivity (Wildman–Crippen MR) is 136 cm³/mol. The summed E-state index contributed by atoms with van der Waals surface area (Å²) in [6.07, 6.45) is 11.2. The highest BCUT2D eigenvalue weighted by Gasteiger charge is 2.67. The molecule has 1 heterocycles. The van der Waals surface area contributed by atoms with Crippen LogP contribution in [-0.4, -0.2) is 23.6 Å². The number of esters is 1. The minimum Gasteiger partial charge on any atom is -0.461 e. The van der Waals surface area contributed by atoms with Gasteiger partial charge in [-0.15, -0.1) is 0 Å². The summed E-state index contributed by atoms with van der Waals surface area (Å²) in [6, 6.07) is 0. The van der Waals surface area contributed by atoms with Crippen LogP contribution in [0.25, 0.3) is 0 Å². The summed E-state index contributed by atoms with van der Waals surface area (Å²) in [4.78, 5) is 39.0. The Kier molecular flexibility index (Phi) is 6.53. The van der Waals surface area contributed by atoms with Gasteiger partial charge in [-0.05, 0) is 91.8 Å². The first-order valence-electron chi connectivity index (χ1n) is 14.7. The van der Waals surface area contributed by atoms with Gasteiger partial charge in [0.05, 0.1) is 0 Å². The lowest BCUT2D eigenvalue weighted by Crippen LogP contribution is -2.60. The van der Waals surface area contributed by atoms with E-state index in [9.17, 15) is 14.4 Å². The van der Waals surface area contributed by atoms with Crippen molar-refractivity contribution in [2.45, 2.75) is 112 Å². The Morgan fingerprint density at radius 1 is 0.971 bits per heavy atom. The average Bonchev–Trinajstić information content (AvgIpc) is 3.29. The van der Waals surface area contributed by atoms with E-state index >= 15 is 0 Å². The number of ketones is 2. The molecule has 0 aromatic heterocycles. The molecule has 0 unspecified atom stereocenters. The van der Waals surface area contributed by atoms with Gasteiger partial charge in [0.2, 0.25) is 0 Å². The van der Waals surface area contributed by atoms with E-state index in [0.29, 0.717) is 35.4 Å². The van der Waals surface area contributed by atoms with Gasteiger partial charge in [-0.2, -0.15) is 0 Å². The van der Waals surface area contributed by atoms with E-state index in [1.54, 1.807) is 0 Å². The highest BCUT2D eigenvalue weighted by atomic mass is 16.6. The molecule has 0 bridgehead atoms. The van der Waals surface area contributed by atoms with Crippen molar-refractivity contribution in [1.29, 1.82) is 0 Å². The van der Waals surface area contributed by atoms with Crippen LogP contribution in [0.1, 0.15) is 106 Å². The van der Waals surface area contributed by atoms with Gasteiger partial charge in [0.25, 0.3) is 0 Å². The topological polar surface area (TPSA) is 60.4 Å². The van der Waals surface area contributed by atoms with Crippen molar-refractivity contribution < 1.29 is 19.1 Å². The Morgan fingerprint density at radius 3 is 2.34 bits per heavy atom. The van der Waals surface area contributed by atoms with Crippen molar-refractivity contribution in [2.75, 3.05) is 0 Å². The molecule has 1 aliphatic heterocycles. The second kappa shape index (κ2) is 8.98. The number of hydrogen-bond donors (Lipinski definition) is 0. The zero-order chi connectivity index (χ0) is 25.3. The first-order chi connectivity index (χ1) is 16.5. The molecule has 5 fully saturated rings. The highest BCUT2D eigenvalue weighted by Crippen LogP contribution is 2.69. The molecule has 5 rings (SSSR count). The van der Waals surface area contributed by atoms with Crippen LogP contribution in [0.5, 0.6) is 0 Å². The molecule has 0 N–H and O–H groups in total. The second-order valence-corrected chi connectivity index (χ2v) is 14.2. The summed E-state index contributed by atoms with van der Waals surface area (Å²) in [5.74, 6) is 2.62. The molecular weight excluding hydrogens is 436 g/mol. The second-order valence-electron chi connectivity index (χ2n) is 14.2. The molecule has 0 aromatic rings. The summed E-state index contributed by atoms with van der Waals surface area (Å²) >= 11 is 0. The van der Waals surface area contributed by atoms with E-state index in [4.69, 9.17) is 4.74 Å². The van der Waals surface area contributed by atoms with Crippen LogP contribution in [-0.2, 0) is 19.1 Å². The lowest BCUT2D eigenvalue weighted by atomic mass is 9.42. The fourth-order valence-corrected chi connectivity index (χ4v) is 10.6. The first-order valence-corrected chi connectivity index (χ1v) is 14.7. The minimum absolute atomic E-state index is 0.106. The largest absolute Gasteiger partial charge is 0.461 e. The van der Waals surface area contributed by atoms with Crippen molar-refractivity contribution in [3.63, 3.8) is 0 Å². The van der Waals surface area contributed by atoms with Crippen LogP contribution in [0.15, 0.2) is 0 Å². The Balaban J connectivity index is 1.38. The van der Waals surface area contributed by atoms with Gasteiger partial charge < -0.3 is 4.74 Å². The fourth-order valence-electron chi connectivity index (χ4n) is 10.6. The average molecular weight is 485 g/mol. The lowest BCUT2D eigenvalue weighted by Gasteiger charge is -2.61. The molecule has 0 aromatic carbocycles. The monoisotopic (exact) mass is 484 g/mol. The predicted octanol–water partition coefficient (Wildman–Crippen LogP) is 6.64. The van der Waals surface area contributed by atoms with Crippen LogP contribution >= 0.6 is 0 Å². The third-order valence-corrected chi connectivity index (χ3v) is 12.1. The Labute approximate surface area is 212 Å². The van der Waals surface area contributed by atoms with Crippen LogP contribution in [0.2, 0.25) is 0 Å². The quantitative estimate of drug-likeness (QED) is 0.313. The third-order valence-electron chi connectivity index (χ3n) is 12.1. The highest BCUT2D eigenvalue weighted by molar-refractivity contribution is 6.00. The summed E-state index contributed by atoms with van der Waals surface area (Å²) < 4.78 is 5.68. The van der Waals surface area contributed by atoms with Crippen molar-refractivity contribution in [1.82, 2.24) is 0 Å². The molecule has 0 spiro atoms. The standard InChI is InChI=1S/C31H48O4/c1-17(2)8-7-9-18(3)21-10-11-22-20-16-24(33)28-27-25(35-29(34)26(27)19(4)32)13-15-31(28,6)23(20)12-14-30(21,22)5/h17-18,20-23,25-28H,7-16H2,1-6H3/t18-,20+,21-,22+,23+,25-,26-,27+,28+,30-,31-/m1/s1. The fraction of sp³-hybridized carbons (Fsp3) is 0.903. The molecule has 4 heteroatoms. The van der Waals surface area contributed by atoms with E-state index in [1.807, 2.05) is 0 Å². The van der Waals surface area contributed by atoms with Crippen molar-refractivity contribution in [2.24, 2.45) is 64.1 Å². The molecule has 11 atom stereocenters. The molecule has 196 valence electrons. The van der Waals surface area contributed by atoms with Gasteiger partial charge in [0.15, 0.2) is 0 Å². The number of fused-ring (bicyclic) bond motifs is 7. The first kappa shape index (κ1) is 25.5. The van der Waals surface area contributed by atoms with Crippen molar-refractivity contribution >= 4 is 17.5 Å². The molecule has 5 aliphatic rings. The Bertz CT molecular complexity index is 877. The zero-order valence-electron chi connectivity index (χ0n) is 23.0. The molecule has 4 saturated carbocycles. The van der Waals surface area contributed by atoms with Crippen LogP contribution in [0, 0.1) is 64.1 Å². The van der Waals surface area contributed by atoms with Crippen molar-refractivity contribution in [3.8, 4) is 0 Å². The summed E-state index contributed by atoms with van der Waals surface area (Å²) in [5, 5.41) is 0. The molecular formula is C31H48O4. The van der Waals surface area contributed by atoms with Crippen LogP contribution in [0.4, 0.5) is 0 Å². The Morgan fingerprint density at radius 2 is 1.66 bits per heavy atom. The van der Waals surface area contributed by atoms with E-state index in [1.165, 1.54) is 51.9 Å². The number of Topliss-reactive ketones (excluding diaryl/α,β-unsaturated/α-hetero) is 2. The summed E-state index contributed by atoms with van der Waals surface area (Å²) in [6.45, 7) is 13.6. The van der Waals surface area contributed by atoms with Gasteiger partial charge in [0.1, 0.15) is 23.6 Å². The molecule has 35 heavy (non-hydrogen) atoms. The summed E-state index contributed by atoms with van der Waals surface area (Å²) in [5.41, 5.74) is 0.249. The maximum absolute atomic E-state index is 13.9. The van der Waals surface area contributed by atoms with Gasteiger partial charge in [0, 0.05) is 18.3 Å². The number of carbonyl (C=O) groups excluding carboxylic acids is 3. The molecule has 4 aliphatic carbocycles. The van der Waals surface area contributed by atoms with Crippen LogP contribution in [0.3, 0.4) is 0 Å². The van der Waals surface area contributed by atoms with Gasteiger partial charge in [-0.3, -0.25) is 14.4 Å². The normalized spacial score (nSPS) is 47.5. The van der Waals surface area contributed by atoms with Gasteiger partial charge in [-0.25, -0.2) is 0 Å². The van der Waals surface area contributed by atoms with E-state index in [-0.39, 0.29) is 35.1 Å². The number of ether oxygens (including phenoxy) is 1. The minimum atomic E-state index is -0.735. The summed E-state index contributed by atoms with van der Waals surface area (Å²) in [7, 11) is 0. The third kappa shape index (κ3) is 3.86. The maximum Gasteiger partial charge on any atom is 0.317 e. The van der Waals surface area contributed by atoms with E-state index in [2.05, 4.69) is 34.6 Å². The van der Waals surface area contributed by atoms with Crippen LogP contribution < -0.4 is 0 Å².